The van der Waals surface area contributed by atoms with E-state index >= 15 is 0 Å². The van der Waals surface area contributed by atoms with Crippen molar-refractivity contribution in [1.82, 2.24) is 5.32 Å². The number of carboxylic acid groups (broad SMARTS) is 1. The zero-order valence-electron chi connectivity index (χ0n) is 20.6. The highest BCUT2D eigenvalue weighted by Gasteiger charge is 2.29. The van der Waals surface area contributed by atoms with Gasteiger partial charge in [-0.05, 0) is 84.1 Å². The molecule has 6 nitrogen and oxygen atoms in total. The summed E-state index contributed by atoms with van der Waals surface area (Å²) >= 11 is 0. The number of methoxy groups -OCH3 is 1. The van der Waals surface area contributed by atoms with E-state index in [1.807, 2.05) is 0 Å². The summed E-state index contributed by atoms with van der Waals surface area (Å²) in [6, 6.07) is 11.1. The molecule has 0 spiro atoms. The van der Waals surface area contributed by atoms with Crippen molar-refractivity contribution >= 4 is 22.8 Å². The highest BCUT2D eigenvalue weighted by Crippen LogP contribution is 2.41. The molecule has 3 aromatic carbocycles. The normalized spacial score (nSPS) is 11.6. The molecule has 0 saturated carbocycles. The second-order valence-corrected chi connectivity index (χ2v) is 8.69. The van der Waals surface area contributed by atoms with Crippen molar-refractivity contribution in [2.24, 2.45) is 0 Å². The highest BCUT2D eigenvalue weighted by atomic mass is 19.4. The number of aryl methyl sites for hydroxylation is 2. The summed E-state index contributed by atoms with van der Waals surface area (Å²) in [5, 5.41) is 12.5. The molecule has 4 aromatic rings. The fourth-order valence-electron chi connectivity index (χ4n) is 4.38. The second-order valence-electron chi connectivity index (χ2n) is 8.69. The summed E-state index contributed by atoms with van der Waals surface area (Å²) in [5.74, 6) is -2.06. The van der Waals surface area contributed by atoms with Gasteiger partial charge in [0.05, 0.1) is 12.7 Å². The molecule has 2 N–H and O–H groups in total. The molecular weight excluding hydrogens is 506 g/mol. The average molecular weight is 529 g/mol. The summed E-state index contributed by atoms with van der Waals surface area (Å²) < 4.78 is 64.3. The Morgan fingerprint density at radius 1 is 1.05 bits per heavy atom. The van der Waals surface area contributed by atoms with Gasteiger partial charge in [0.1, 0.15) is 28.5 Å². The monoisotopic (exact) mass is 529 g/mol. The minimum atomic E-state index is -4.44. The number of furan rings is 1. The number of rotatable bonds is 7. The highest BCUT2D eigenvalue weighted by molar-refractivity contribution is 6.12. The van der Waals surface area contributed by atoms with E-state index in [4.69, 9.17) is 9.15 Å². The lowest BCUT2D eigenvalue weighted by Gasteiger charge is -2.16. The maximum atomic E-state index is 13.5. The van der Waals surface area contributed by atoms with E-state index in [9.17, 15) is 32.3 Å². The molecule has 1 aromatic heterocycles. The maximum absolute atomic E-state index is 13.5. The van der Waals surface area contributed by atoms with E-state index in [1.54, 1.807) is 6.92 Å². The lowest BCUT2D eigenvalue weighted by Crippen LogP contribution is -2.18. The van der Waals surface area contributed by atoms with Gasteiger partial charge in [0, 0.05) is 24.4 Å². The molecule has 10 heteroatoms. The van der Waals surface area contributed by atoms with Crippen molar-refractivity contribution in [2.75, 3.05) is 14.2 Å². The molecule has 0 fully saturated rings. The summed E-state index contributed by atoms with van der Waals surface area (Å²) in [6.45, 7) is 1.68. The Balaban J connectivity index is 2.04. The standard InChI is InChI=1S/C28H23F4NO5/c1-14-10-22(37-3)21(27(35)36)12-18(14)19-13-20-23(11-16(19)8-9-28(30,31)32)38-25(24(20)26(34)33-2)15-4-6-17(29)7-5-15/h4-7,10-13H,8-9H2,1-3H3,(H,33,34)(H,35,36). The Bertz CT molecular complexity index is 1540. The number of nitrogens with one attached hydrogen (secondary N) is 1. The Hall–Kier alpha value is -4.34. The van der Waals surface area contributed by atoms with Gasteiger partial charge in [-0.15, -0.1) is 0 Å². The molecule has 0 aliphatic rings. The molecule has 38 heavy (non-hydrogen) atoms. The number of carbonyl (C=O) groups excluding carboxylic acids is 1. The first-order valence-corrected chi connectivity index (χ1v) is 11.5. The van der Waals surface area contributed by atoms with Gasteiger partial charge >= 0.3 is 12.1 Å². The third-order valence-corrected chi connectivity index (χ3v) is 6.22. The summed E-state index contributed by atoms with van der Waals surface area (Å²) in [4.78, 5) is 24.8. The fraction of sp³-hybridized carbons (Fsp3) is 0.214. The van der Waals surface area contributed by atoms with Crippen LogP contribution in [0.3, 0.4) is 0 Å². The molecule has 0 unspecified atom stereocenters. The topological polar surface area (TPSA) is 88.8 Å². The Morgan fingerprint density at radius 3 is 2.32 bits per heavy atom. The minimum Gasteiger partial charge on any atom is -0.496 e. The molecule has 0 atom stereocenters. The molecule has 0 radical (unpaired) electrons. The van der Waals surface area contributed by atoms with Crippen LogP contribution in [0.4, 0.5) is 17.6 Å². The predicted octanol–water partition coefficient (Wildman–Crippen LogP) is 6.78. The van der Waals surface area contributed by atoms with Crippen LogP contribution in [0, 0.1) is 12.7 Å². The van der Waals surface area contributed by atoms with Gasteiger partial charge in [0.2, 0.25) is 0 Å². The minimum absolute atomic E-state index is 0.102. The van der Waals surface area contributed by atoms with Crippen molar-refractivity contribution in [3.05, 3.63) is 76.6 Å². The van der Waals surface area contributed by atoms with Gasteiger partial charge in [0.15, 0.2) is 0 Å². The summed E-state index contributed by atoms with van der Waals surface area (Å²) in [6.07, 6.45) is -5.98. The quantitative estimate of drug-likeness (QED) is 0.258. The molecule has 1 amide bonds. The number of alkyl halides is 3. The molecule has 4 rings (SSSR count). The Morgan fingerprint density at radius 2 is 1.74 bits per heavy atom. The van der Waals surface area contributed by atoms with Crippen molar-refractivity contribution in [1.29, 1.82) is 0 Å². The SMILES string of the molecule is CNC(=O)c1c(-c2ccc(F)cc2)oc2cc(CCC(F)(F)F)c(-c3cc(C(=O)O)c(OC)cc3C)cc12. The Labute approximate surface area is 214 Å². The molecule has 0 bridgehead atoms. The second kappa shape index (κ2) is 10.2. The van der Waals surface area contributed by atoms with E-state index in [1.165, 1.54) is 62.7 Å². The maximum Gasteiger partial charge on any atom is 0.389 e. The number of halogens is 4. The van der Waals surface area contributed by atoms with Crippen molar-refractivity contribution in [3.63, 3.8) is 0 Å². The van der Waals surface area contributed by atoms with Crippen LogP contribution in [-0.2, 0) is 6.42 Å². The molecule has 0 aliphatic heterocycles. The number of aromatic carboxylic acids is 1. The van der Waals surface area contributed by atoms with Crippen LogP contribution in [0.15, 0.2) is 52.9 Å². The first kappa shape index (κ1) is 26.7. The molecule has 0 aliphatic carbocycles. The van der Waals surface area contributed by atoms with Crippen LogP contribution in [0.25, 0.3) is 33.4 Å². The van der Waals surface area contributed by atoms with Crippen molar-refractivity contribution in [2.45, 2.75) is 25.9 Å². The number of hydrogen-bond donors (Lipinski definition) is 2. The van der Waals surface area contributed by atoms with E-state index < -0.39 is 36.7 Å². The number of carbonyl (C=O) groups is 2. The lowest BCUT2D eigenvalue weighted by molar-refractivity contribution is -0.133. The summed E-state index contributed by atoms with van der Waals surface area (Å²) in [5.41, 5.74) is 2.01. The molecule has 1 heterocycles. The van der Waals surface area contributed by atoms with Gasteiger partial charge < -0.3 is 19.6 Å². The van der Waals surface area contributed by atoms with Gasteiger partial charge in [-0.1, -0.05) is 0 Å². The van der Waals surface area contributed by atoms with E-state index in [0.717, 1.165) is 0 Å². The number of ether oxygens (including phenoxy) is 1. The van der Waals surface area contributed by atoms with Crippen LogP contribution in [0.1, 0.15) is 38.3 Å². The fourth-order valence-corrected chi connectivity index (χ4v) is 4.38. The molecule has 0 saturated heterocycles. The van der Waals surface area contributed by atoms with Crippen molar-refractivity contribution < 1.29 is 41.4 Å². The van der Waals surface area contributed by atoms with Crippen molar-refractivity contribution in [3.8, 4) is 28.2 Å². The van der Waals surface area contributed by atoms with Gasteiger partial charge in [0.25, 0.3) is 5.91 Å². The zero-order chi connectivity index (χ0) is 27.8. The largest absolute Gasteiger partial charge is 0.496 e. The third-order valence-electron chi connectivity index (χ3n) is 6.22. The lowest BCUT2D eigenvalue weighted by atomic mass is 9.90. The van der Waals surface area contributed by atoms with Gasteiger partial charge in [-0.3, -0.25) is 4.79 Å². The number of hydrogen-bond acceptors (Lipinski definition) is 4. The van der Waals surface area contributed by atoms with Crippen LogP contribution in [0.5, 0.6) is 5.75 Å². The third kappa shape index (κ3) is 5.20. The predicted molar refractivity (Wildman–Crippen MR) is 133 cm³/mol. The number of fused-ring (bicyclic) bond motifs is 1. The van der Waals surface area contributed by atoms with Gasteiger partial charge in [-0.25, -0.2) is 9.18 Å². The van der Waals surface area contributed by atoms with Gasteiger partial charge in [-0.2, -0.15) is 13.2 Å². The van der Waals surface area contributed by atoms with E-state index in [2.05, 4.69) is 5.32 Å². The Kier molecular flexibility index (Phi) is 7.17. The zero-order valence-corrected chi connectivity index (χ0v) is 20.6. The van der Waals surface area contributed by atoms with E-state index in [-0.39, 0.29) is 33.8 Å². The molecule has 198 valence electrons. The number of benzene rings is 3. The number of carboxylic acids is 1. The van der Waals surface area contributed by atoms with Crippen LogP contribution < -0.4 is 10.1 Å². The van der Waals surface area contributed by atoms with Crippen LogP contribution in [0.2, 0.25) is 0 Å². The first-order chi connectivity index (χ1) is 17.9. The average Bonchev–Trinajstić information content (AvgIpc) is 3.24. The molecular formula is C28H23F4NO5. The first-order valence-electron chi connectivity index (χ1n) is 11.5. The number of amides is 1. The summed E-state index contributed by atoms with van der Waals surface area (Å²) in [7, 11) is 2.74. The smallest absolute Gasteiger partial charge is 0.389 e. The van der Waals surface area contributed by atoms with Crippen LogP contribution >= 0.6 is 0 Å². The van der Waals surface area contributed by atoms with Crippen LogP contribution in [-0.4, -0.2) is 37.3 Å². The van der Waals surface area contributed by atoms with E-state index in [0.29, 0.717) is 27.6 Å².